The average molecular weight is 595 g/mol. The van der Waals surface area contributed by atoms with Gasteiger partial charge in [-0.1, -0.05) is 12.1 Å². The second-order valence-corrected chi connectivity index (χ2v) is 9.52. The molecular formula is C32H30N6O6. The topological polar surface area (TPSA) is 146 Å². The molecule has 224 valence electrons. The first-order valence-electron chi connectivity index (χ1n) is 13.7. The van der Waals surface area contributed by atoms with E-state index in [0.29, 0.717) is 47.3 Å². The molecule has 2 amide bonds. The fraction of sp³-hybridized carbons (Fsp3) is 0.188. The molecule has 2 aromatic heterocycles. The van der Waals surface area contributed by atoms with Gasteiger partial charge in [-0.05, 0) is 74.5 Å². The maximum atomic E-state index is 12.6. The molecule has 12 heteroatoms. The average Bonchev–Trinajstić information content (AvgIpc) is 3.08. The molecule has 1 saturated heterocycles. The largest absolute Gasteiger partial charge is 0.458 e. The Bertz CT molecular complexity index is 1490. The molecule has 44 heavy (non-hydrogen) atoms. The number of hydrazone groups is 2. The summed E-state index contributed by atoms with van der Waals surface area (Å²) in [7, 11) is 0. The van der Waals surface area contributed by atoms with Gasteiger partial charge in [0.05, 0.1) is 24.6 Å². The van der Waals surface area contributed by atoms with Crippen LogP contribution in [0.15, 0.2) is 108 Å². The Morgan fingerprint density at radius 2 is 1.07 bits per heavy atom. The van der Waals surface area contributed by atoms with Crippen molar-refractivity contribution in [2.75, 3.05) is 13.2 Å². The van der Waals surface area contributed by atoms with Crippen LogP contribution in [0.25, 0.3) is 0 Å². The van der Waals surface area contributed by atoms with Crippen LogP contribution in [0.4, 0.5) is 0 Å². The molecule has 2 atom stereocenters. The summed E-state index contributed by atoms with van der Waals surface area (Å²) in [6.45, 7) is 4.20. The molecule has 5 rings (SSSR count). The number of carbonyl (C=O) groups excluding carboxylic acids is 2. The first-order valence-corrected chi connectivity index (χ1v) is 13.7. The van der Waals surface area contributed by atoms with E-state index in [9.17, 15) is 9.59 Å². The van der Waals surface area contributed by atoms with Crippen molar-refractivity contribution in [2.24, 2.45) is 10.2 Å². The van der Waals surface area contributed by atoms with Crippen molar-refractivity contribution in [2.45, 2.75) is 26.4 Å². The van der Waals surface area contributed by atoms with E-state index < -0.39 is 12.6 Å². The van der Waals surface area contributed by atoms with Crippen LogP contribution >= 0.6 is 0 Å². The van der Waals surface area contributed by atoms with E-state index in [4.69, 9.17) is 18.9 Å². The zero-order chi connectivity index (χ0) is 30.7. The maximum Gasteiger partial charge on any atom is 0.271 e. The van der Waals surface area contributed by atoms with Crippen LogP contribution in [0.1, 0.15) is 45.7 Å². The van der Waals surface area contributed by atoms with Gasteiger partial charge in [0, 0.05) is 47.0 Å². The number of benzene rings is 2. The SMILES string of the molecule is C/C(=N/NC(=O)c1ccc(OC2OCCOC2Oc2ccc(C(=O)N/N=C(/C)c3cccnc3)cc2)cc1)c1cccnc1. The van der Waals surface area contributed by atoms with E-state index in [1.807, 2.05) is 12.1 Å². The minimum atomic E-state index is -0.872. The van der Waals surface area contributed by atoms with Crippen LogP contribution in [0.5, 0.6) is 11.5 Å². The number of hydrogen-bond donors (Lipinski definition) is 2. The van der Waals surface area contributed by atoms with Gasteiger partial charge in [-0.2, -0.15) is 10.2 Å². The Morgan fingerprint density at radius 3 is 1.43 bits per heavy atom. The predicted octanol–water partition coefficient (Wildman–Crippen LogP) is 3.94. The lowest BCUT2D eigenvalue weighted by atomic mass is 10.2. The zero-order valence-electron chi connectivity index (χ0n) is 24.0. The quantitative estimate of drug-likeness (QED) is 0.207. The van der Waals surface area contributed by atoms with Gasteiger partial charge in [0.1, 0.15) is 11.5 Å². The number of amides is 2. The molecule has 0 spiro atoms. The summed E-state index contributed by atoms with van der Waals surface area (Å²) in [5.74, 6) is 0.168. The summed E-state index contributed by atoms with van der Waals surface area (Å²) >= 11 is 0. The van der Waals surface area contributed by atoms with Crippen molar-refractivity contribution in [3.8, 4) is 11.5 Å². The molecule has 3 heterocycles. The molecule has 2 N–H and O–H groups in total. The molecule has 12 nitrogen and oxygen atoms in total. The Morgan fingerprint density at radius 1 is 0.659 bits per heavy atom. The summed E-state index contributed by atoms with van der Waals surface area (Å²) in [6, 6.07) is 20.4. The van der Waals surface area contributed by atoms with E-state index >= 15 is 0 Å². The first kappa shape index (κ1) is 30.0. The molecule has 4 aromatic rings. The summed E-state index contributed by atoms with van der Waals surface area (Å²) in [5, 5.41) is 8.28. The van der Waals surface area contributed by atoms with Crippen molar-refractivity contribution in [1.29, 1.82) is 0 Å². The fourth-order valence-corrected chi connectivity index (χ4v) is 3.98. The third-order valence-corrected chi connectivity index (χ3v) is 6.42. The fourth-order valence-electron chi connectivity index (χ4n) is 3.98. The Balaban J connectivity index is 1.14. The van der Waals surface area contributed by atoms with Crippen LogP contribution < -0.4 is 20.3 Å². The minimum Gasteiger partial charge on any atom is -0.458 e. The Labute approximate surface area is 253 Å². The van der Waals surface area contributed by atoms with Gasteiger partial charge in [0.25, 0.3) is 24.4 Å². The summed E-state index contributed by atoms with van der Waals surface area (Å²) < 4.78 is 23.4. The highest BCUT2D eigenvalue weighted by Gasteiger charge is 2.31. The predicted molar refractivity (Wildman–Crippen MR) is 161 cm³/mol. The lowest BCUT2D eigenvalue weighted by molar-refractivity contribution is -0.271. The van der Waals surface area contributed by atoms with Crippen LogP contribution in [0.2, 0.25) is 0 Å². The van der Waals surface area contributed by atoms with Crippen LogP contribution in [0, 0.1) is 0 Å². The third-order valence-electron chi connectivity index (χ3n) is 6.42. The lowest BCUT2D eigenvalue weighted by Crippen LogP contribution is -2.45. The number of carbonyl (C=O) groups is 2. The molecule has 2 aromatic carbocycles. The van der Waals surface area contributed by atoms with Gasteiger partial charge in [0.15, 0.2) is 0 Å². The standard InChI is InChI=1S/C32H30N6O6/c1-21(25-5-3-15-33-19-25)35-37-29(39)23-7-11-27(12-8-23)43-31-32(42-18-17-41-31)44-28-13-9-24(10-14-28)30(40)38-36-22(2)26-6-4-16-34-20-26/h3-16,19-20,31-32H,17-18H2,1-2H3,(H,37,39)(H,38,40)/b35-21-,36-22-. The van der Waals surface area contributed by atoms with Crippen molar-refractivity contribution in [3.05, 3.63) is 120 Å². The third kappa shape index (κ3) is 8.09. The van der Waals surface area contributed by atoms with Crippen LogP contribution in [0.3, 0.4) is 0 Å². The second-order valence-electron chi connectivity index (χ2n) is 9.52. The van der Waals surface area contributed by atoms with Gasteiger partial charge in [0.2, 0.25) is 0 Å². The highest BCUT2D eigenvalue weighted by atomic mass is 16.8. The molecule has 1 aliphatic heterocycles. The maximum absolute atomic E-state index is 12.6. The monoisotopic (exact) mass is 594 g/mol. The van der Waals surface area contributed by atoms with Gasteiger partial charge >= 0.3 is 0 Å². The summed E-state index contributed by atoms with van der Waals surface area (Å²) in [6.07, 6.45) is 4.93. The molecule has 0 bridgehead atoms. The molecule has 1 fully saturated rings. The highest BCUT2D eigenvalue weighted by Crippen LogP contribution is 2.22. The zero-order valence-corrected chi connectivity index (χ0v) is 24.0. The van der Waals surface area contributed by atoms with Crippen molar-refractivity contribution in [3.63, 3.8) is 0 Å². The van der Waals surface area contributed by atoms with Crippen molar-refractivity contribution >= 4 is 23.2 Å². The minimum absolute atomic E-state index is 0.317. The van der Waals surface area contributed by atoms with Gasteiger partial charge < -0.3 is 18.9 Å². The molecule has 1 aliphatic rings. The van der Waals surface area contributed by atoms with Gasteiger partial charge in [-0.3, -0.25) is 19.6 Å². The number of hydrogen-bond acceptors (Lipinski definition) is 10. The molecule has 0 aliphatic carbocycles. The highest BCUT2D eigenvalue weighted by molar-refractivity contribution is 6.01. The second kappa shape index (κ2) is 14.6. The summed E-state index contributed by atoms with van der Waals surface area (Å²) in [5.41, 5.74) is 8.76. The molecular weight excluding hydrogens is 564 g/mol. The molecule has 0 radical (unpaired) electrons. The van der Waals surface area contributed by atoms with Crippen LogP contribution in [-0.2, 0) is 9.47 Å². The molecule has 0 saturated carbocycles. The molecule has 2 unspecified atom stereocenters. The van der Waals surface area contributed by atoms with E-state index in [1.54, 1.807) is 99.3 Å². The number of rotatable bonds is 10. The lowest BCUT2D eigenvalue weighted by Gasteiger charge is -2.31. The Hall–Kier alpha value is -5.46. The van der Waals surface area contributed by atoms with Crippen molar-refractivity contribution < 1.29 is 28.5 Å². The van der Waals surface area contributed by atoms with E-state index in [-0.39, 0.29) is 11.8 Å². The van der Waals surface area contributed by atoms with Gasteiger partial charge in [-0.25, -0.2) is 10.9 Å². The van der Waals surface area contributed by atoms with Gasteiger partial charge in [-0.15, -0.1) is 0 Å². The number of ether oxygens (including phenoxy) is 4. The van der Waals surface area contributed by atoms with E-state index in [1.165, 1.54) is 0 Å². The van der Waals surface area contributed by atoms with Crippen molar-refractivity contribution in [1.82, 2.24) is 20.8 Å². The first-order chi connectivity index (χ1) is 21.5. The number of pyridine rings is 2. The van der Waals surface area contributed by atoms with E-state index in [0.717, 1.165) is 11.1 Å². The normalized spacial score (nSPS) is 17.0. The van der Waals surface area contributed by atoms with Crippen LogP contribution in [-0.4, -0.2) is 59.0 Å². The van der Waals surface area contributed by atoms with E-state index in [2.05, 4.69) is 31.0 Å². The smallest absolute Gasteiger partial charge is 0.271 e. The Kier molecular flexibility index (Phi) is 9.98. The summed E-state index contributed by atoms with van der Waals surface area (Å²) in [4.78, 5) is 33.2. The number of nitrogens with one attached hydrogen (secondary N) is 2. The number of nitrogens with zero attached hydrogens (tertiary/aromatic N) is 4. The number of aromatic nitrogens is 2.